The lowest BCUT2D eigenvalue weighted by Crippen LogP contribution is -2.27. The predicted octanol–water partition coefficient (Wildman–Crippen LogP) is 3.70. The van der Waals surface area contributed by atoms with Gasteiger partial charge < -0.3 is 15.4 Å². The van der Waals surface area contributed by atoms with Crippen LogP contribution < -0.4 is 15.8 Å². The van der Waals surface area contributed by atoms with Crippen LogP contribution in [-0.4, -0.2) is 30.0 Å². The summed E-state index contributed by atoms with van der Waals surface area (Å²) in [6.07, 6.45) is 1.58. The molecular formula is C18H18N4O2. The molecule has 0 bridgehead atoms. The van der Waals surface area contributed by atoms with E-state index in [9.17, 15) is 4.79 Å². The van der Waals surface area contributed by atoms with Crippen molar-refractivity contribution in [2.24, 2.45) is 0 Å². The van der Waals surface area contributed by atoms with E-state index in [0.29, 0.717) is 23.0 Å². The van der Waals surface area contributed by atoms with Crippen LogP contribution in [-0.2, 0) is 0 Å². The largest absolute Gasteiger partial charge is 0.457 e. The summed E-state index contributed by atoms with van der Waals surface area (Å²) in [5.74, 6) is 1.69. The van der Waals surface area contributed by atoms with Gasteiger partial charge in [0.1, 0.15) is 17.3 Å². The maximum absolute atomic E-state index is 11.7. The van der Waals surface area contributed by atoms with Gasteiger partial charge in [0.2, 0.25) is 0 Å². The Bertz CT molecular complexity index is 893. The normalized spacial score (nSPS) is 10.4. The number of nitrogen functional groups attached to an aromatic ring is 1. The molecule has 3 rings (SSSR count). The van der Waals surface area contributed by atoms with E-state index in [-0.39, 0.29) is 6.03 Å². The van der Waals surface area contributed by atoms with Gasteiger partial charge in [-0.25, -0.2) is 9.78 Å². The van der Waals surface area contributed by atoms with E-state index < -0.39 is 0 Å². The van der Waals surface area contributed by atoms with Crippen LogP contribution in [0.4, 0.5) is 16.3 Å². The maximum atomic E-state index is 11.7. The Morgan fingerprint density at radius 3 is 2.62 bits per heavy atom. The standard InChI is InChI=1S/C18H18N4O2/c1-22(2)18(23)21-17-11-12(9-10-20-17)24-16-8-7-15(19)13-5-3-4-6-14(13)16/h3-11H,19H2,1-2H3,(H,20,21,23). The Kier molecular flexibility index (Phi) is 4.20. The van der Waals surface area contributed by atoms with Crippen molar-refractivity contribution in [3.63, 3.8) is 0 Å². The fourth-order valence-electron chi connectivity index (χ4n) is 2.28. The van der Waals surface area contributed by atoms with Crippen LogP contribution in [0.1, 0.15) is 0 Å². The molecule has 122 valence electrons. The molecule has 0 saturated heterocycles. The number of fused-ring (bicyclic) bond motifs is 1. The number of ether oxygens (including phenoxy) is 1. The summed E-state index contributed by atoms with van der Waals surface area (Å²) < 4.78 is 5.97. The average Bonchev–Trinajstić information content (AvgIpc) is 2.58. The fourth-order valence-corrected chi connectivity index (χ4v) is 2.28. The zero-order chi connectivity index (χ0) is 17.1. The average molecular weight is 322 g/mol. The second-order valence-corrected chi connectivity index (χ2v) is 5.50. The number of rotatable bonds is 3. The van der Waals surface area contributed by atoms with Gasteiger partial charge in [-0.3, -0.25) is 5.32 Å². The highest BCUT2D eigenvalue weighted by Gasteiger charge is 2.08. The molecule has 0 atom stereocenters. The summed E-state index contributed by atoms with van der Waals surface area (Å²) in [4.78, 5) is 17.3. The number of benzene rings is 2. The molecule has 24 heavy (non-hydrogen) atoms. The summed E-state index contributed by atoms with van der Waals surface area (Å²) in [6, 6.07) is 14.6. The fraction of sp³-hybridized carbons (Fsp3) is 0.111. The molecule has 6 heteroatoms. The lowest BCUT2D eigenvalue weighted by Gasteiger charge is -2.13. The SMILES string of the molecule is CN(C)C(=O)Nc1cc(Oc2ccc(N)c3ccccc23)ccn1. The van der Waals surface area contributed by atoms with Gasteiger partial charge in [-0.15, -0.1) is 0 Å². The number of nitrogens with two attached hydrogens (primary N) is 1. The Labute approximate surface area is 139 Å². The van der Waals surface area contributed by atoms with E-state index in [1.807, 2.05) is 36.4 Å². The van der Waals surface area contributed by atoms with Crippen LogP contribution in [0.5, 0.6) is 11.5 Å². The summed E-state index contributed by atoms with van der Waals surface area (Å²) in [5, 5.41) is 4.55. The van der Waals surface area contributed by atoms with E-state index in [0.717, 1.165) is 10.8 Å². The molecule has 0 aliphatic heterocycles. The summed E-state index contributed by atoms with van der Waals surface area (Å²) in [5.41, 5.74) is 6.71. The number of anilines is 2. The highest BCUT2D eigenvalue weighted by molar-refractivity contribution is 5.97. The minimum Gasteiger partial charge on any atom is -0.457 e. The monoisotopic (exact) mass is 322 g/mol. The number of hydrogen-bond donors (Lipinski definition) is 2. The molecule has 0 aliphatic rings. The third-order valence-corrected chi connectivity index (χ3v) is 3.52. The van der Waals surface area contributed by atoms with Crippen molar-refractivity contribution in [1.82, 2.24) is 9.88 Å². The zero-order valence-electron chi connectivity index (χ0n) is 13.5. The van der Waals surface area contributed by atoms with Gasteiger partial charge in [-0.1, -0.05) is 24.3 Å². The van der Waals surface area contributed by atoms with Crippen LogP contribution in [0.25, 0.3) is 10.8 Å². The first-order chi connectivity index (χ1) is 11.5. The van der Waals surface area contributed by atoms with Crippen molar-refractivity contribution in [3.05, 3.63) is 54.7 Å². The molecule has 1 aromatic heterocycles. The minimum atomic E-state index is -0.252. The van der Waals surface area contributed by atoms with E-state index in [4.69, 9.17) is 10.5 Å². The van der Waals surface area contributed by atoms with E-state index in [2.05, 4.69) is 10.3 Å². The Morgan fingerprint density at radius 2 is 1.88 bits per heavy atom. The molecule has 0 aliphatic carbocycles. The van der Waals surface area contributed by atoms with Gasteiger partial charge >= 0.3 is 6.03 Å². The molecule has 6 nitrogen and oxygen atoms in total. The van der Waals surface area contributed by atoms with Crippen molar-refractivity contribution in [2.45, 2.75) is 0 Å². The highest BCUT2D eigenvalue weighted by atomic mass is 16.5. The van der Waals surface area contributed by atoms with Gasteiger partial charge in [0.05, 0.1) is 0 Å². The number of hydrogen-bond acceptors (Lipinski definition) is 4. The first-order valence-corrected chi connectivity index (χ1v) is 7.44. The third-order valence-electron chi connectivity index (χ3n) is 3.52. The van der Waals surface area contributed by atoms with Crippen LogP contribution in [0.2, 0.25) is 0 Å². The summed E-state index contributed by atoms with van der Waals surface area (Å²) >= 11 is 0. The molecular weight excluding hydrogens is 304 g/mol. The van der Waals surface area contributed by atoms with Crippen LogP contribution in [0.3, 0.4) is 0 Å². The van der Waals surface area contributed by atoms with E-state index in [1.165, 1.54) is 4.90 Å². The van der Waals surface area contributed by atoms with Gasteiger partial charge in [-0.2, -0.15) is 0 Å². The maximum Gasteiger partial charge on any atom is 0.322 e. The van der Waals surface area contributed by atoms with Crippen LogP contribution in [0, 0.1) is 0 Å². The number of amides is 2. The van der Waals surface area contributed by atoms with Crippen molar-refractivity contribution < 1.29 is 9.53 Å². The number of nitrogens with zero attached hydrogens (tertiary/aromatic N) is 2. The zero-order valence-corrected chi connectivity index (χ0v) is 13.5. The van der Waals surface area contributed by atoms with Gasteiger partial charge in [0.25, 0.3) is 0 Å². The Hall–Kier alpha value is -3.28. The number of aromatic nitrogens is 1. The van der Waals surface area contributed by atoms with E-state index >= 15 is 0 Å². The summed E-state index contributed by atoms with van der Waals surface area (Å²) in [7, 11) is 3.33. The van der Waals surface area contributed by atoms with E-state index in [1.54, 1.807) is 32.4 Å². The van der Waals surface area contributed by atoms with Crippen molar-refractivity contribution in [3.8, 4) is 11.5 Å². The molecule has 0 fully saturated rings. The third kappa shape index (κ3) is 3.22. The van der Waals surface area contributed by atoms with Gasteiger partial charge in [0, 0.05) is 42.8 Å². The lowest BCUT2D eigenvalue weighted by molar-refractivity contribution is 0.230. The molecule has 3 aromatic rings. The molecule has 2 aromatic carbocycles. The molecule has 0 spiro atoms. The molecule has 1 heterocycles. The number of carbonyl (C=O) groups is 1. The molecule has 0 unspecified atom stereocenters. The second kappa shape index (κ2) is 6.45. The topological polar surface area (TPSA) is 80.5 Å². The number of carbonyl (C=O) groups excluding carboxylic acids is 1. The molecule has 0 saturated carbocycles. The molecule has 2 amide bonds. The highest BCUT2D eigenvalue weighted by Crippen LogP contribution is 2.33. The van der Waals surface area contributed by atoms with Crippen LogP contribution >= 0.6 is 0 Å². The minimum absolute atomic E-state index is 0.252. The van der Waals surface area contributed by atoms with Gasteiger partial charge in [0.15, 0.2) is 0 Å². The number of nitrogens with one attached hydrogen (secondary N) is 1. The molecule has 0 radical (unpaired) electrons. The van der Waals surface area contributed by atoms with Gasteiger partial charge in [-0.05, 0) is 18.2 Å². The molecule has 3 N–H and O–H groups in total. The van der Waals surface area contributed by atoms with Crippen molar-refractivity contribution in [1.29, 1.82) is 0 Å². The number of pyridine rings is 1. The smallest absolute Gasteiger partial charge is 0.322 e. The first kappa shape index (κ1) is 15.6. The predicted molar refractivity (Wildman–Crippen MR) is 95.4 cm³/mol. The van der Waals surface area contributed by atoms with Crippen molar-refractivity contribution >= 4 is 28.3 Å². The second-order valence-electron chi connectivity index (χ2n) is 5.50. The lowest BCUT2D eigenvalue weighted by atomic mass is 10.1. The summed E-state index contributed by atoms with van der Waals surface area (Å²) in [6.45, 7) is 0. The Balaban J connectivity index is 1.90. The Morgan fingerprint density at radius 1 is 1.12 bits per heavy atom. The van der Waals surface area contributed by atoms with Crippen LogP contribution in [0.15, 0.2) is 54.7 Å². The number of urea groups is 1. The van der Waals surface area contributed by atoms with Crippen molar-refractivity contribution in [2.75, 3.05) is 25.1 Å². The quantitative estimate of drug-likeness (QED) is 0.720. The first-order valence-electron chi connectivity index (χ1n) is 7.44.